The van der Waals surface area contributed by atoms with Crippen LogP contribution >= 0.6 is 0 Å². The first-order valence-corrected chi connectivity index (χ1v) is 7.46. The molecule has 1 amide bonds. The molecule has 2 aromatic rings. The predicted octanol–water partition coefficient (Wildman–Crippen LogP) is 1.07. The molecule has 3 rings (SSSR count). The highest BCUT2D eigenvalue weighted by molar-refractivity contribution is 5.93. The first-order valence-electron chi connectivity index (χ1n) is 7.46. The van der Waals surface area contributed by atoms with Crippen LogP contribution in [0.5, 0.6) is 0 Å². The van der Waals surface area contributed by atoms with E-state index in [1.807, 2.05) is 18.5 Å². The van der Waals surface area contributed by atoms with Gasteiger partial charge in [0.25, 0.3) is 0 Å². The lowest BCUT2D eigenvalue weighted by atomic mass is 10.2. The van der Waals surface area contributed by atoms with Gasteiger partial charge in [-0.1, -0.05) is 5.16 Å². The van der Waals surface area contributed by atoms with E-state index in [0.29, 0.717) is 11.9 Å². The van der Waals surface area contributed by atoms with Crippen molar-refractivity contribution in [3.8, 4) is 0 Å². The largest absolute Gasteiger partial charge is 0.338 e. The number of rotatable bonds is 5. The average Bonchev–Trinajstić information content (AvgIpc) is 3.21. The van der Waals surface area contributed by atoms with E-state index in [-0.39, 0.29) is 11.9 Å². The van der Waals surface area contributed by atoms with Crippen LogP contribution in [0.15, 0.2) is 23.2 Å². The summed E-state index contributed by atoms with van der Waals surface area (Å²) in [5.74, 6) is 0.308. The topological polar surface area (TPSA) is 89.1 Å². The first-order chi connectivity index (χ1) is 10.6. The zero-order valence-corrected chi connectivity index (χ0v) is 12.8. The quantitative estimate of drug-likeness (QED) is 0.888. The van der Waals surface area contributed by atoms with Crippen LogP contribution in [0.2, 0.25) is 0 Å². The van der Waals surface area contributed by atoms with E-state index >= 15 is 0 Å². The third-order valence-corrected chi connectivity index (χ3v) is 4.04. The first kappa shape index (κ1) is 14.7. The molecule has 1 N–H and O–H groups in total. The number of aryl methyl sites for hydroxylation is 1. The predicted molar refractivity (Wildman–Crippen MR) is 79.1 cm³/mol. The molecule has 0 unspecified atom stereocenters. The van der Waals surface area contributed by atoms with E-state index in [2.05, 4.69) is 25.5 Å². The second-order valence-corrected chi connectivity index (χ2v) is 5.65. The lowest BCUT2D eigenvalue weighted by Gasteiger charge is -2.29. The summed E-state index contributed by atoms with van der Waals surface area (Å²) in [4.78, 5) is 18.6. The standard InChI is InChI=1S/C14H20N6O2/c1-10-6-13(22-18-10)17-14(21)11(2)20-5-3-4-12(20)7-19-9-15-8-16-19/h6,8-9,11-12H,3-5,7H2,1-2H3,(H,17,21)/t11-,12-/m0/s1. The molecule has 2 aromatic heterocycles. The number of anilines is 1. The highest BCUT2D eigenvalue weighted by Crippen LogP contribution is 2.22. The Labute approximate surface area is 128 Å². The van der Waals surface area contributed by atoms with Gasteiger partial charge in [-0.25, -0.2) is 4.98 Å². The summed E-state index contributed by atoms with van der Waals surface area (Å²) in [6, 6.07) is 1.77. The molecule has 0 spiro atoms. The normalized spacial score (nSPS) is 20.2. The number of carbonyl (C=O) groups is 1. The minimum Gasteiger partial charge on any atom is -0.338 e. The van der Waals surface area contributed by atoms with Crippen LogP contribution in [0, 0.1) is 6.92 Å². The van der Waals surface area contributed by atoms with Crippen LogP contribution in [0.1, 0.15) is 25.5 Å². The van der Waals surface area contributed by atoms with Crippen LogP contribution in [0.25, 0.3) is 0 Å². The summed E-state index contributed by atoms with van der Waals surface area (Å²) in [5.41, 5.74) is 0.744. The van der Waals surface area contributed by atoms with Gasteiger partial charge in [0.15, 0.2) is 0 Å². The van der Waals surface area contributed by atoms with Gasteiger partial charge < -0.3 is 4.52 Å². The number of hydrogen-bond acceptors (Lipinski definition) is 6. The molecule has 0 aliphatic carbocycles. The van der Waals surface area contributed by atoms with Crippen molar-refractivity contribution in [1.82, 2.24) is 24.8 Å². The summed E-state index contributed by atoms with van der Waals surface area (Å²) in [7, 11) is 0. The number of nitrogens with one attached hydrogen (secondary N) is 1. The maximum absolute atomic E-state index is 12.4. The van der Waals surface area contributed by atoms with Crippen molar-refractivity contribution >= 4 is 11.8 Å². The fraction of sp³-hybridized carbons (Fsp3) is 0.571. The Kier molecular flexibility index (Phi) is 4.19. The molecule has 3 heterocycles. The van der Waals surface area contributed by atoms with Gasteiger partial charge in [-0.15, -0.1) is 0 Å². The molecule has 1 saturated heterocycles. The monoisotopic (exact) mass is 304 g/mol. The van der Waals surface area contributed by atoms with Crippen molar-refractivity contribution in [3.05, 3.63) is 24.4 Å². The number of likely N-dealkylation sites (tertiary alicyclic amines) is 1. The minimum atomic E-state index is -0.235. The third kappa shape index (κ3) is 3.16. The van der Waals surface area contributed by atoms with Crippen molar-refractivity contribution < 1.29 is 9.32 Å². The fourth-order valence-corrected chi connectivity index (χ4v) is 2.91. The summed E-state index contributed by atoms with van der Waals surface area (Å²) < 4.78 is 6.85. The molecule has 22 heavy (non-hydrogen) atoms. The van der Waals surface area contributed by atoms with Gasteiger partial charge in [0.05, 0.1) is 18.3 Å². The summed E-state index contributed by atoms with van der Waals surface area (Å²) >= 11 is 0. The van der Waals surface area contributed by atoms with Crippen molar-refractivity contribution in [1.29, 1.82) is 0 Å². The molecule has 8 nitrogen and oxygen atoms in total. The zero-order chi connectivity index (χ0) is 15.5. The summed E-state index contributed by atoms with van der Waals surface area (Å²) in [6.45, 7) is 5.39. The van der Waals surface area contributed by atoms with E-state index in [1.165, 1.54) is 6.33 Å². The van der Waals surface area contributed by atoms with E-state index < -0.39 is 0 Å². The van der Waals surface area contributed by atoms with E-state index in [0.717, 1.165) is 31.6 Å². The Morgan fingerprint density at radius 3 is 3.14 bits per heavy atom. The Bertz CT molecular complexity index is 623. The highest BCUT2D eigenvalue weighted by atomic mass is 16.5. The van der Waals surface area contributed by atoms with Gasteiger partial charge in [-0.3, -0.25) is 19.7 Å². The van der Waals surface area contributed by atoms with Crippen molar-refractivity contribution in [3.63, 3.8) is 0 Å². The fourth-order valence-electron chi connectivity index (χ4n) is 2.91. The molecule has 0 saturated carbocycles. The van der Waals surface area contributed by atoms with Gasteiger partial charge in [0.1, 0.15) is 12.7 Å². The third-order valence-electron chi connectivity index (χ3n) is 4.04. The second kappa shape index (κ2) is 6.27. The number of amides is 1. The molecule has 1 aliphatic heterocycles. The maximum atomic E-state index is 12.4. The van der Waals surface area contributed by atoms with Crippen molar-refractivity contribution in [2.45, 2.75) is 45.3 Å². The van der Waals surface area contributed by atoms with Gasteiger partial charge in [-0.05, 0) is 33.2 Å². The van der Waals surface area contributed by atoms with Crippen LogP contribution in [0.3, 0.4) is 0 Å². The lowest BCUT2D eigenvalue weighted by molar-refractivity contribution is -0.121. The SMILES string of the molecule is Cc1cc(NC(=O)[C@H](C)N2CCC[C@H]2Cn2cncn2)on1. The highest BCUT2D eigenvalue weighted by Gasteiger charge is 2.32. The van der Waals surface area contributed by atoms with Crippen molar-refractivity contribution in [2.24, 2.45) is 0 Å². The van der Waals surface area contributed by atoms with Crippen LogP contribution < -0.4 is 5.32 Å². The molecule has 1 aliphatic rings. The molecule has 2 atom stereocenters. The summed E-state index contributed by atoms with van der Waals surface area (Å²) in [6.07, 6.45) is 5.37. The zero-order valence-electron chi connectivity index (χ0n) is 12.8. The molecular weight excluding hydrogens is 284 g/mol. The summed E-state index contributed by atoms with van der Waals surface area (Å²) in [5, 5.41) is 10.7. The number of nitrogens with zero attached hydrogens (tertiary/aromatic N) is 5. The van der Waals surface area contributed by atoms with Gasteiger partial charge >= 0.3 is 0 Å². The molecule has 0 aromatic carbocycles. The molecular formula is C14H20N6O2. The second-order valence-electron chi connectivity index (χ2n) is 5.65. The van der Waals surface area contributed by atoms with Crippen molar-refractivity contribution in [2.75, 3.05) is 11.9 Å². The number of aromatic nitrogens is 4. The van der Waals surface area contributed by atoms with Crippen LogP contribution in [-0.4, -0.2) is 49.4 Å². The minimum absolute atomic E-state index is 0.0818. The van der Waals surface area contributed by atoms with Gasteiger partial charge in [0, 0.05) is 12.1 Å². The maximum Gasteiger partial charge on any atom is 0.243 e. The Morgan fingerprint density at radius 2 is 2.45 bits per heavy atom. The molecule has 0 bridgehead atoms. The Balaban J connectivity index is 1.62. The number of carbonyl (C=O) groups excluding carboxylic acids is 1. The smallest absolute Gasteiger partial charge is 0.243 e. The van der Waals surface area contributed by atoms with Gasteiger partial charge in [-0.2, -0.15) is 5.10 Å². The van der Waals surface area contributed by atoms with Gasteiger partial charge in [0.2, 0.25) is 11.8 Å². The molecule has 1 fully saturated rings. The molecule has 0 radical (unpaired) electrons. The Morgan fingerprint density at radius 1 is 1.59 bits per heavy atom. The van der Waals surface area contributed by atoms with E-state index in [9.17, 15) is 4.79 Å². The van der Waals surface area contributed by atoms with E-state index in [4.69, 9.17) is 4.52 Å². The van der Waals surface area contributed by atoms with E-state index in [1.54, 1.807) is 12.4 Å². The molecule has 8 heteroatoms. The Hall–Kier alpha value is -2.22. The number of hydrogen-bond donors (Lipinski definition) is 1. The lowest BCUT2D eigenvalue weighted by Crippen LogP contribution is -2.46. The van der Waals surface area contributed by atoms with Crippen LogP contribution in [0.4, 0.5) is 5.88 Å². The van der Waals surface area contributed by atoms with Crippen LogP contribution in [-0.2, 0) is 11.3 Å². The molecule has 118 valence electrons. The average molecular weight is 304 g/mol.